The van der Waals surface area contributed by atoms with Crippen LogP contribution in [0.3, 0.4) is 0 Å². The van der Waals surface area contributed by atoms with Gasteiger partial charge in [-0.15, -0.1) is 0 Å². The van der Waals surface area contributed by atoms with Gasteiger partial charge in [-0.1, -0.05) is 53.9 Å². The molecule has 13 heavy (non-hydrogen) atoms. The minimum absolute atomic E-state index is 0.626. The molecule has 0 aliphatic carbocycles. The number of nitrogens with one attached hydrogen (secondary N) is 1. The van der Waals surface area contributed by atoms with Gasteiger partial charge in [0, 0.05) is 6.04 Å². The van der Waals surface area contributed by atoms with Crippen LogP contribution in [-0.2, 0) is 0 Å². The molecule has 0 bridgehead atoms. The Bertz CT molecular complexity index is 110. The van der Waals surface area contributed by atoms with Gasteiger partial charge >= 0.3 is 0 Å². The van der Waals surface area contributed by atoms with E-state index in [1.54, 1.807) is 0 Å². The molecule has 0 aromatic heterocycles. The third kappa shape index (κ3) is 7.06. The molecule has 1 heteroatoms. The van der Waals surface area contributed by atoms with Crippen LogP contribution in [0.2, 0.25) is 0 Å². The average molecular weight is 185 g/mol. The van der Waals surface area contributed by atoms with E-state index >= 15 is 0 Å². The van der Waals surface area contributed by atoms with Crippen molar-refractivity contribution in [2.45, 2.75) is 59.9 Å². The Morgan fingerprint density at radius 1 is 1.00 bits per heavy atom. The highest BCUT2D eigenvalue weighted by Crippen LogP contribution is 2.17. The summed E-state index contributed by atoms with van der Waals surface area (Å²) in [6, 6.07) is 0.626. The molecule has 0 aromatic rings. The molecule has 1 N–H and O–H groups in total. The van der Waals surface area contributed by atoms with Crippen molar-refractivity contribution < 1.29 is 0 Å². The van der Waals surface area contributed by atoms with Crippen molar-refractivity contribution in [2.75, 3.05) is 6.54 Å². The van der Waals surface area contributed by atoms with Gasteiger partial charge in [-0.05, 0) is 18.4 Å². The predicted octanol–water partition coefficient (Wildman–Crippen LogP) is 3.45. The SMILES string of the molecule is CCCCC(C)C(C)CNC(C)C. The van der Waals surface area contributed by atoms with Crippen LogP contribution in [0.5, 0.6) is 0 Å². The van der Waals surface area contributed by atoms with E-state index in [0.29, 0.717) is 6.04 Å². The predicted molar refractivity (Wildman–Crippen MR) is 61.0 cm³/mol. The fraction of sp³-hybridized carbons (Fsp3) is 1.00. The molecule has 0 fully saturated rings. The third-order valence-electron chi connectivity index (χ3n) is 2.83. The van der Waals surface area contributed by atoms with Crippen LogP contribution in [0.1, 0.15) is 53.9 Å². The zero-order valence-corrected chi connectivity index (χ0v) is 10.1. The second-order valence-corrected chi connectivity index (χ2v) is 4.66. The number of hydrogen-bond donors (Lipinski definition) is 1. The quantitative estimate of drug-likeness (QED) is 0.640. The molecule has 80 valence electrons. The summed E-state index contributed by atoms with van der Waals surface area (Å²) in [5, 5.41) is 3.50. The standard InChI is InChI=1S/C12H27N/c1-6-7-8-11(4)12(5)9-13-10(2)3/h10-13H,6-9H2,1-5H3. The monoisotopic (exact) mass is 185 g/mol. The fourth-order valence-corrected chi connectivity index (χ4v) is 1.43. The molecule has 0 aliphatic heterocycles. The maximum Gasteiger partial charge on any atom is 0.00104 e. The van der Waals surface area contributed by atoms with Crippen molar-refractivity contribution in [3.8, 4) is 0 Å². The van der Waals surface area contributed by atoms with E-state index < -0.39 is 0 Å². The minimum Gasteiger partial charge on any atom is -0.314 e. The lowest BCUT2D eigenvalue weighted by Gasteiger charge is -2.21. The lowest BCUT2D eigenvalue weighted by molar-refractivity contribution is 0.331. The molecule has 0 saturated carbocycles. The third-order valence-corrected chi connectivity index (χ3v) is 2.83. The van der Waals surface area contributed by atoms with Gasteiger partial charge in [0.15, 0.2) is 0 Å². The minimum atomic E-state index is 0.626. The zero-order chi connectivity index (χ0) is 10.3. The summed E-state index contributed by atoms with van der Waals surface area (Å²) in [4.78, 5) is 0. The van der Waals surface area contributed by atoms with E-state index in [9.17, 15) is 0 Å². The van der Waals surface area contributed by atoms with Gasteiger partial charge < -0.3 is 5.32 Å². The number of rotatable bonds is 7. The Morgan fingerprint density at radius 2 is 1.62 bits per heavy atom. The lowest BCUT2D eigenvalue weighted by Crippen LogP contribution is -2.30. The van der Waals surface area contributed by atoms with Crippen LogP contribution in [0.15, 0.2) is 0 Å². The Balaban J connectivity index is 3.50. The van der Waals surface area contributed by atoms with E-state index in [4.69, 9.17) is 0 Å². The Labute approximate surface area is 84.3 Å². The zero-order valence-electron chi connectivity index (χ0n) is 10.1. The fourth-order valence-electron chi connectivity index (χ4n) is 1.43. The highest BCUT2D eigenvalue weighted by Gasteiger charge is 2.11. The molecule has 0 amide bonds. The first kappa shape index (κ1) is 13.0. The molecule has 0 radical (unpaired) electrons. The van der Waals surface area contributed by atoms with Gasteiger partial charge in [0.2, 0.25) is 0 Å². The van der Waals surface area contributed by atoms with Crippen LogP contribution in [0.25, 0.3) is 0 Å². The highest BCUT2D eigenvalue weighted by molar-refractivity contribution is 4.66. The van der Waals surface area contributed by atoms with Gasteiger partial charge in [-0.2, -0.15) is 0 Å². The average Bonchev–Trinajstić information content (AvgIpc) is 2.10. The van der Waals surface area contributed by atoms with E-state index in [2.05, 4.69) is 39.9 Å². The van der Waals surface area contributed by atoms with Crippen LogP contribution < -0.4 is 5.32 Å². The smallest absolute Gasteiger partial charge is 0.00104 e. The van der Waals surface area contributed by atoms with Crippen molar-refractivity contribution in [3.63, 3.8) is 0 Å². The van der Waals surface area contributed by atoms with Crippen molar-refractivity contribution >= 4 is 0 Å². The van der Waals surface area contributed by atoms with Crippen LogP contribution in [-0.4, -0.2) is 12.6 Å². The van der Waals surface area contributed by atoms with E-state index in [1.807, 2.05) is 0 Å². The lowest BCUT2D eigenvalue weighted by atomic mass is 9.91. The molecular weight excluding hydrogens is 158 g/mol. The second kappa shape index (κ2) is 7.37. The Hall–Kier alpha value is -0.0400. The first-order valence-corrected chi connectivity index (χ1v) is 5.81. The molecule has 0 saturated heterocycles. The second-order valence-electron chi connectivity index (χ2n) is 4.66. The topological polar surface area (TPSA) is 12.0 Å². The molecule has 1 nitrogen and oxygen atoms in total. The molecule has 2 unspecified atom stereocenters. The van der Waals surface area contributed by atoms with Gasteiger partial charge in [0.25, 0.3) is 0 Å². The molecule has 0 spiro atoms. The summed E-state index contributed by atoms with van der Waals surface area (Å²) >= 11 is 0. The van der Waals surface area contributed by atoms with Crippen LogP contribution >= 0.6 is 0 Å². The first-order valence-electron chi connectivity index (χ1n) is 5.81. The van der Waals surface area contributed by atoms with Crippen LogP contribution in [0, 0.1) is 11.8 Å². The van der Waals surface area contributed by atoms with Gasteiger partial charge in [0.05, 0.1) is 0 Å². The summed E-state index contributed by atoms with van der Waals surface area (Å²) in [5.41, 5.74) is 0. The summed E-state index contributed by atoms with van der Waals surface area (Å²) < 4.78 is 0. The normalized spacial score (nSPS) is 16.2. The highest BCUT2D eigenvalue weighted by atomic mass is 14.9. The largest absolute Gasteiger partial charge is 0.314 e. The van der Waals surface area contributed by atoms with Crippen molar-refractivity contribution in [2.24, 2.45) is 11.8 Å². The van der Waals surface area contributed by atoms with Gasteiger partial charge in [-0.3, -0.25) is 0 Å². The van der Waals surface area contributed by atoms with Crippen molar-refractivity contribution in [1.29, 1.82) is 0 Å². The Morgan fingerprint density at radius 3 is 2.08 bits per heavy atom. The van der Waals surface area contributed by atoms with Crippen molar-refractivity contribution in [3.05, 3.63) is 0 Å². The summed E-state index contributed by atoms with van der Waals surface area (Å²) in [6.45, 7) is 12.6. The maximum absolute atomic E-state index is 3.50. The molecule has 0 rings (SSSR count). The van der Waals surface area contributed by atoms with Crippen LogP contribution in [0.4, 0.5) is 0 Å². The van der Waals surface area contributed by atoms with E-state index in [1.165, 1.54) is 25.8 Å². The summed E-state index contributed by atoms with van der Waals surface area (Å²) in [5.74, 6) is 1.68. The van der Waals surface area contributed by atoms with Gasteiger partial charge in [0.1, 0.15) is 0 Å². The van der Waals surface area contributed by atoms with E-state index in [-0.39, 0.29) is 0 Å². The molecular formula is C12H27N. The first-order chi connectivity index (χ1) is 6.07. The van der Waals surface area contributed by atoms with Crippen molar-refractivity contribution in [1.82, 2.24) is 5.32 Å². The van der Waals surface area contributed by atoms with E-state index in [0.717, 1.165) is 11.8 Å². The maximum atomic E-state index is 3.50. The molecule has 0 aromatic carbocycles. The van der Waals surface area contributed by atoms with Gasteiger partial charge in [-0.25, -0.2) is 0 Å². The molecule has 2 atom stereocenters. The Kier molecular flexibility index (Phi) is 7.35. The summed E-state index contributed by atoms with van der Waals surface area (Å²) in [7, 11) is 0. The molecule has 0 aliphatic rings. The molecule has 0 heterocycles. The number of hydrogen-bond acceptors (Lipinski definition) is 1. The number of unbranched alkanes of at least 4 members (excludes halogenated alkanes) is 1. The summed E-state index contributed by atoms with van der Waals surface area (Å²) in [6.07, 6.45) is 4.10.